The van der Waals surface area contributed by atoms with E-state index in [0.717, 1.165) is 44.5 Å². The normalized spacial score (nSPS) is 19.4. The molecule has 1 aromatic rings. The number of aromatic nitrogens is 2. The van der Waals surface area contributed by atoms with Crippen LogP contribution in [0, 0.1) is 5.92 Å². The fourth-order valence-corrected chi connectivity index (χ4v) is 3.74. The first-order valence-electron chi connectivity index (χ1n) is 10.4. The lowest BCUT2D eigenvalue weighted by molar-refractivity contribution is -0.117. The molecule has 0 saturated carbocycles. The lowest BCUT2D eigenvalue weighted by Gasteiger charge is -2.22. The first-order chi connectivity index (χ1) is 13.2. The van der Waals surface area contributed by atoms with Crippen LogP contribution in [0.5, 0.6) is 6.01 Å². The van der Waals surface area contributed by atoms with E-state index in [4.69, 9.17) is 15.2 Å². The smallest absolute Gasteiger partial charge is 0.320 e. The van der Waals surface area contributed by atoms with Crippen LogP contribution in [0.25, 0.3) is 0 Å². The number of fused-ring (bicyclic) bond motifs is 1. The zero-order valence-corrected chi connectivity index (χ0v) is 16.4. The van der Waals surface area contributed by atoms with Crippen LogP contribution >= 0.6 is 0 Å². The van der Waals surface area contributed by atoms with Gasteiger partial charge < -0.3 is 15.2 Å². The Morgan fingerprint density at radius 2 is 2.15 bits per heavy atom. The summed E-state index contributed by atoms with van der Waals surface area (Å²) in [5.74, 6) is 1.76. The highest BCUT2D eigenvalue weighted by atomic mass is 16.5. The minimum Gasteiger partial charge on any atom is -0.463 e. The molecule has 1 unspecified atom stereocenters. The predicted octanol–water partition coefficient (Wildman–Crippen LogP) is 3.11. The van der Waals surface area contributed by atoms with Crippen LogP contribution in [0.3, 0.4) is 0 Å². The van der Waals surface area contributed by atoms with Crippen molar-refractivity contribution < 1.29 is 14.3 Å². The quantitative estimate of drug-likeness (QED) is 0.631. The molecule has 1 fully saturated rings. The second-order valence-corrected chi connectivity index (χ2v) is 7.55. The maximum atomic E-state index is 12.4. The lowest BCUT2D eigenvalue weighted by Crippen LogP contribution is -2.28. The molecule has 0 spiro atoms. The van der Waals surface area contributed by atoms with E-state index < -0.39 is 0 Å². The lowest BCUT2D eigenvalue weighted by atomic mass is 9.95. The molecule has 150 valence electrons. The van der Waals surface area contributed by atoms with E-state index >= 15 is 0 Å². The minimum absolute atomic E-state index is 0.0531. The third kappa shape index (κ3) is 5.31. The van der Waals surface area contributed by atoms with Gasteiger partial charge >= 0.3 is 6.01 Å². The molecule has 0 bridgehead atoms. The van der Waals surface area contributed by atoms with E-state index in [2.05, 4.69) is 16.9 Å². The summed E-state index contributed by atoms with van der Waals surface area (Å²) in [6, 6.07) is 0.275. The minimum atomic E-state index is 0.0531. The number of nitrogens with two attached hydrogens (primary N) is 1. The van der Waals surface area contributed by atoms with Crippen molar-refractivity contribution in [2.45, 2.75) is 64.7 Å². The number of nitrogens with zero attached hydrogens (tertiary/aromatic N) is 3. The molecule has 27 heavy (non-hydrogen) atoms. The van der Waals surface area contributed by atoms with E-state index in [1.54, 1.807) is 4.90 Å². The number of ether oxygens (including phenoxy) is 2. The Labute approximate surface area is 161 Å². The van der Waals surface area contributed by atoms with Crippen molar-refractivity contribution >= 4 is 17.5 Å². The summed E-state index contributed by atoms with van der Waals surface area (Å²) < 4.78 is 11.1. The van der Waals surface area contributed by atoms with E-state index in [1.165, 1.54) is 25.7 Å². The van der Waals surface area contributed by atoms with Crippen molar-refractivity contribution in [2.24, 2.45) is 5.92 Å². The molecule has 0 aliphatic carbocycles. The van der Waals surface area contributed by atoms with Gasteiger partial charge in [0.15, 0.2) is 0 Å². The predicted molar refractivity (Wildman–Crippen MR) is 105 cm³/mol. The number of unbranched alkanes of at least 4 members (excludes halogenated alkanes) is 3. The summed E-state index contributed by atoms with van der Waals surface area (Å²) in [5.41, 5.74) is 6.78. The molecule has 0 radical (unpaired) electrons. The number of hydrogen-bond donors (Lipinski definition) is 1. The largest absolute Gasteiger partial charge is 0.463 e. The van der Waals surface area contributed by atoms with Gasteiger partial charge in [-0.25, -0.2) is 0 Å². The molecule has 1 amide bonds. The summed E-state index contributed by atoms with van der Waals surface area (Å²) in [6.07, 6.45) is 9.21. The van der Waals surface area contributed by atoms with Crippen LogP contribution in [-0.2, 0) is 16.0 Å². The van der Waals surface area contributed by atoms with Crippen molar-refractivity contribution in [1.29, 1.82) is 0 Å². The Bertz CT molecular complexity index is 632. The van der Waals surface area contributed by atoms with Crippen LogP contribution in [0.4, 0.5) is 11.6 Å². The molecule has 2 N–H and O–H groups in total. The topological polar surface area (TPSA) is 90.6 Å². The number of nitrogen functional groups attached to an aromatic ring is 1. The van der Waals surface area contributed by atoms with Gasteiger partial charge in [-0.2, -0.15) is 9.97 Å². The number of carbonyl (C=O) groups is 1. The highest BCUT2D eigenvalue weighted by Crippen LogP contribution is 2.32. The number of amides is 1. The van der Waals surface area contributed by atoms with E-state index in [9.17, 15) is 4.79 Å². The number of rotatable bonds is 10. The van der Waals surface area contributed by atoms with E-state index in [1.807, 2.05) is 0 Å². The van der Waals surface area contributed by atoms with Gasteiger partial charge in [0.25, 0.3) is 0 Å². The Morgan fingerprint density at radius 3 is 2.93 bits per heavy atom. The van der Waals surface area contributed by atoms with Crippen molar-refractivity contribution in [3.05, 3.63) is 5.56 Å². The standard InChI is InChI=1S/C20H32N4O3/c1-2-3-12-27-20-22-18(21)16-13-17(25)24(19(16)23-20)10-6-4-5-8-15-9-7-11-26-14-15/h15H,2-14H2,1H3,(H2,21,22,23). The molecular formula is C20H32N4O3. The maximum absolute atomic E-state index is 12.4. The molecule has 1 saturated heterocycles. The molecule has 0 aromatic carbocycles. The van der Waals surface area contributed by atoms with Crippen LogP contribution in [0.15, 0.2) is 0 Å². The van der Waals surface area contributed by atoms with Gasteiger partial charge in [0, 0.05) is 25.3 Å². The van der Waals surface area contributed by atoms with Gasteiger partial charge in [0.1, 0.15) is 11.6 Å². The fourth-order valence-electron chi connectivity index (χ4n) is 3.74. The summed E-state index contributed by atoms with van der Waals surface area (Å²) in [7, 11) is 0. The Balaban J connectivity index is 1.50. The Morgan fingerprint density at radius 1 is 1.26 bits per heavy atom. The van der Waals surface area contributed by atoms with Gasteiger partial charge in [-0.15, -0.1) is 0 Å². The summed E-state index contributed by atoms with van der Waals surface area (Å²) in [5, 5.41) is 0. The van der Waals surface area contributed by atoms with Crippen molar-refractivity contribution in [2.75, 3.05) is 37.0 Å². The van der Waals surface area contributed by atoms with Gasteiger partial charge in [0.05, 0.1) is 13.0 Å². The highest BCUT2D eigenvalue weighted by molar-refractivity contribution is 6.01. The SMILES string of the molecule is CCCCOc1nc(N)c2c(n1)N(CCCCCC1CCCOC1)C(=O)C2. The molecule has 1 aromatic heterocycles. The molecule has 1 atom stereocenters. The average Bonchev–Trinajstić information content (AvgIpc) is 2.99. The third-order valence-corrected chi connectivity index (χ3v) is 5.36. The second-order valence-electron chi connectivity index (χ2n) is 7.55. The molecule has 7 heteroatoms. The summed E-state index contributed by atoms with van der Waals surface area (Å²) in [6.45, 7) is 5.17. The van der Waals surface area contributed by atoms with Crippen molar-refractivity contribution in [1.82, 2.24) is 9.97 Å². The van der Waals surface area contributed by atoms with Crippen LogP contribution in [0.1, 0.15) is 63.9 Å². The van der Waals surface area contributed by atoms with Gasteiger partial charge in [-0.05, 0) is 38.0 Å². The Hall–Kier alpha value is -1.89. The zero-order valence-electron chi connectivity index (χ0n) is 16.4. The molecule has 2 aliphatic rings. The zero-order chi connectivity index (χ0) is 19.1. The van der Waals surface area contributed by atoms with Crippen molar-refractivity contribution in [3.63, 3.8) is 0 Å². The van der Waals surface area contributed by atoms with Gasteiger partial charge in [-0.1, -0.05) is 26.2 Å². The third-order valence-electron chi connectivity index (χ3n) is 5.36. The van der Waals surface area contributed by atoms with Gasteiger partial charge in [-0.3, -0.25) is 9.69 Å². The molecule has 2 aliphatic heterocycles. The fraction of sp³-hybridized carbons (Fsp3) is 0.750. The molecular weight excluding hydrogens is 344 g/mol. The van der Waals surface area contributed by atoms with Gasteiger partial charge in [0.2, 0.25) is 5.91 Å². The van der Waals surface area contributed by atoms with Crippen LogP contribution in [0.2, 0.25) is 0 Å². The summed E-state index contributed by atoms with van der Waals surface area (Å²) in [4.78, 5) is 22.8. The number of carbonyl (C=O) groups excluding carboxylic acids is 1. The number of hydrogen-bond acceptors (Lipinski definition) is 6. The highest BCUT2D eigenvalue weighted by Gasteiger charge is 2.31. The molecule has 7 nitrogen and oxygen atoms in total. The van der Waals surface area contributed by atoms with Crippen molar-refractivity contribution in [3.8, 4) is 6.01 Å². The summed E-state index contributed by atoms with van der Waals surface area (Å²) >= 11 is 0. The second kappa shape index (κ2) is 9.88. The first kappa shape index (κ1) is 19.9. The van der Waals surface area contributed by atoms with Crippen LogP contribution in [-0.4, -0.2) is 42.2 Å². The first-order valence-corrected chi connectivity index (χ1v) is 10.4. The molecule has 3 heterocycles. The molecule has 3 rings (SSSR count). The monoisotopic (exact) mass is 376 g/mol. The Kier molecular flexibility index (Phi) is 7.26. The maximum Gasteiger partial charge on any atom is 0.320 e. The van der Waals surface area contributed by atoms with E-state index in [0.29, 0.717) is 30.7 Å². The number of anilines is 2. The van der Waals surface area contributed by atoms with Crippen LogP contribution < -0.4 is 15.4 Å². The van der Waals surface area contributed by atoms with E-state index in [-0.39, 0.29) is 18.3 Å². The average molecular weight is 377 g/mol.